The highest BCUT2D eigenvalue weighted by molar-refractivity contribution is 5.72. The Labute approximate surface area is 110 Å². The van der Waals surface area contributed by atoms with Crippen LogP contribution in [-0.4, -0.2) is 73.9 Å². The SMILES string of the molecule is CCOC(CN(C)CC1CCN(C)CC1)C(=O)O. The fraction of sp³-hybridized carbons (Fsp3) is 0.923. The average molecular weight is 258 g/mol. The van der Waals surface area contributed by atoms with Crippen molar-refractivity contribution in [2.75, 3.05) is 46.9 Å². The van der Waals surface area contributed by atoms with Crippen molar-refractivity contribution in [3.63, 3.8) is 0 Å². The van der Waals surface area contributed by atoms with E-state index < -0.39 is 12.1 Å². The summed E-state index contributed by atoms with van der Waals surface area (Å²) in [6, 6.07) is 0. The van der Waals surface area contributed by atoms with Gasteiger partial charge in [0.15, 0.2) is 6.10 Å². The van der Waals surface area contributed by atoms with Crippen molar-refractivity contribution in [1.82, 2.24) is 9.80 Å². The predicted octanol–water partition coefficient (Wildman–Crippen LogP) is 0.750. The Morgan fingerprint density at radius 3 is 2.61 bits per heavy atom. The molecule has 0 aliphatic carbocycles. The average Bonchev–Trinajstić information content (AvgIpc) is 2.31. The zero-order valence-corrected chi connectivity index (χ0v) is 11.8. The van der Waals surface area contributed by atoms with Gasteiger partial charge in [-0.3, -0.25) is 0 Å². The molecule has 1 aliphatic heterocycles. The molecule has 1 N–H and O–H groups in total. The van der Waals surface area contributed by atoms with Crippen LogP contribution in [0.4, 0.5) is 0 Å². The van der Waals surface area contributed by atoms with Gasteiger partial charge < -0.3 is 19.6 Å². The van der Waals surface area contributed by atoms with Crippen LogP contribution in [0.3, 0.4) is 0 Å². The van der Waals surface area contributed by atoms with E-state index in [0.717, 1.165) is 19.6 Å². The van der Waals surface area contributed by atoms with E-state index in [4.69, 9.17) is 9.84 Å². The van der Waals surface area contributed by atoms with Crippen molar-refractivity contribution in [2.45, 2.75) is 25.9 Å². The highest BCUT2D eigenvalue weighted by Crippen LogP contribution is 2.16. The quantitative estimate of drug-likeness (QED) is 0.730. The first-order chi connectivity index (χ1) is 8.52. The molecule has 0 amide bonds. The highest BCUT2D eigenvalue weighted by atomic mass is 16.5. The van der Waals surface area contributed by atoms with Crippen LogP contribution in [0.5, 0.6) is 0 Å². The van der Waals surface area contributed by atoms with E-state index in [0.29, 0.717) is 19.1 Å². The number of ether oxygens (including phenoxy) is 1. The van der Waals surface area contributed by atoms with Crippen LogP contribution in [0.2, 0.25) is 0 Å². The summed E-state index contributed by atoms with van der Waals surface area (Å²) in [4.78, 5) is 15.4. The number of rotatable bonds is 7. The number of nitrogens with zero attached hydrogens (tertiary/aromatic N) is 2. The second kappa shape index (κ2) is 7.71. The van der Waals surface area contributed by atoms with Crippen molar-refractivity contribution in [1.29, 1.82) is 0 Å². The van der Waals surface area contributed by atoms with E-state index in [1.807, 2.05) is 14.0 Å². The molecule has 0 radical (unpaired) electrons. The Hall–Kier alpha value is -0.650. The standard InChI is InChI=1S/C13H26N2O3/c1-4-18-12(13(16)17)10-15(3)9-11-5-7-14(2)8-6-11/h11-12H,4-10H2,1-3H3,(H,16,17). The molecule has 1 heterocycles. The van der Waals surface area contributed by atoms with Gasteiger partial charge in [0.05, 0.1) is 0 Å². The Morgan fingerprint density at radius 2 is 2.11 bits per heavy atom. The Bertz CT molecular complexity index is 253. The fourth-order valence-electron chi connectivity index (χ4n) is 2.45. The minimum atomic E-state index is -0.868. The molecule has 0 aromatic carbocycles. The summed E-state index contributed by atoms with van der Waals surface area (Å²) in [5.74, 6) is -0.186. The van der Waals surface area contributed by atoms with Gasteiger partial charge in [0.2, 0.25) is 0 Å². The van der Waals surface area contributed by atoms with E-state index in [-0.39, 0.29) is 0 Å². The molecule has 1 aliphatic rings. The van der Waals surface area contributed by atoms with Crippen molar-refractivity contribution < 1.29 is 14.6 Å². The summed E-state index contributed by atoms with van der Waals surface area (Å²) in [5.41, 5.74) is 0. The number of likely N-dealkylation sites (N-methyl/N-ethyl adjacent to an activating group) is 1. The molecule has 1 atom stereocenters. The number of carbonyl (C=O) groups is 1. The van der Waals surface area contributed by atoms with Gasteiger partial charge in [-0.2, -0.15) is 0 Å². The zero-order valence-electron chi connectivity index (χ0n) is 11.8. The maximum absolute atomic E-state index is 11.0. The first-order valence-electron chi connectivity index (χ1n) is 6.74. The maximum Gasteiger partial charge on any atom is 0.334 e. The first-order valence-corrected chi connectivity index (χ1v) is 6.74. The van der Waals surface area contributed by atoms with Crippen LogP contribution >= 0.6 is 0 Å². The number of piperidine rings is 1. The summed E-state index contributed by atoms with van der Waals surface area (Å²) in [7, 11) is 4.13. The topological polar surface area (TPSA) is 53.0 Å². The van der Waals surface area contributed by atoms with Gasteiger partial charge in [-0.1, -0.05) is 0 Å². The molecule has 0 bridgehead atoms. The lowest BCUT2D eigenvalue weighted by Gasteiger charge is -2.32. The van der Waals surface area contributed by atoms with Crippen LogP contribution in [0.15, 0.2) is 0 Å². The smallest absolute Gasteiger partial charge is 0.334 e. The second-order valence-electron chi connectivity index (χ2n) is 5.25. The molecule has 0 saturated carbocycles. The monoisotopic (exact) mass is 258 g/mol. The summed E-state index contributed by atoms with van der Waals surface area (Å²) in [5, 5.41) is 9.04. The van der Waals surface area contributed by atoms with E-state index in [1.165, 1.54) is 12.8 Å². The molecule has 1 saturated heterocycles. The number of carboxylic acid groups (broad SMARTS) is 1. The molecule has 18 heavy (non-hydrogen) atoms. The minimum absolute atomic E-state index is 0.443. The number of carboxylic acids is 1. The van der Waals surface area contributed by atoms with Crippen LogP contribution in [0.25, 0.3) is 0 Å². The molecule has 5 heteroatoms. The predicted molar refractivity (Wildman–Crippen MR) is 70.8 cm³/mol. The van der Waals surface area contributed by atoms with Gasteiger partial charge in [0, 0.05) is 19.7 Å². The van der Waals surface area contributed by atoms with Gasteiger partial charge in [0.25, 0.3) is 0 Å². The van der Waals surface area contributed by atoms with E-state index in [1.54, 1.807) is 0 Å². The zero-order chi connectivity index (χ0) is 13.5. The maximum atomic E-state index is 11.0. The number of aliphatic carboxylic acids is 1. The van der Waals surface area contributed by atoms with Crippen LogP contribution in [0.1, 0.15) is 19.8 Å². The van der Waals surface area contributed by atoms with E-state index in [9.17, 15) is 4.79 Å². The third-order valence-corrected chi connectivity index (χ3v) is 3.53. The van der Waals surface area contributed by atoms with Gasteiger partial charge in [-0.15, -0.1) is 0 Å². The molecule has 1 unspecified atom stereocenters. The van der Waals surface area contributed by atoms with E-state index in [2.05, 4.69) is 16.8 Å². The summed E-state index contributed by atoms with van der Waals surface area (Å²) >= 11 is 0. The third kappa shape index (κ3) is 5.33. The first kappa shape index (κ1) is 15.4. The van der Waals surface area contributed by atoms with Gasteiger partial charge >= 0.3 is 5.97 Å². The lowest BCUT2D eigenvalue weighted by molar-refractivity contribution is -0.151. The summed E-state index contributed by atoms with van der Waals surface area (Å²) < 4.78 is 5.23. The van der Waals surface area contributed by atoms with Gasteiger partial charge in [-0.25, -0.2) is 4.79 Å². The Balaban J connectivity index is 2.31. The molecular weight excluding hydrogens is 232 g/mol. The fourth-order valence-corrected chi connectivity index (χ4v) is 2.45. The normalized spacial score (nSPS) is 20.2. The number of likely N-dealkylation sites (tertiary alicyclic amines) is 1. The molecule has 0 aromatic rings. The molecular formula is C13H26N2O3. The van der Waals surface area contributed by atoms with Gasteiger partial charge in [0.1, 0.15) is 0 Å². The van der Waals surface area contributed by atoms with Crippen LogP contribution < -0.4 is 0 Å². The largest absolute Gasteiger partial charge is 0.479 e. The molecule has 5 nitrogen and oxygen atoms in total. The lowest BCUT2D eigenvalue weighted by Crippen LogP contribution is -2.41. The van der Waals surface area contributed by atoms with Crippen molar-refractivity contribution in [2.24, 2.45) is 5.92 Å². The van der Waals surface area contributed by atoms with Crippen LogP contribution in [-0.2, 0) is 9.53 Å². The van der Waals surface area contributed by atoms with Crippen molar-refractivity contribution >= 4 is 5.97 Å². The van der Waals surface area contributed by atoms with E-state index >= 15 is 0 Å². The summed E-state index contributed by atoms with van der Waals surface area (Å²) in [6.45, 7) is 5.99. The van der Waals surface area contributed by atoms with Crippen molar-refractivity contribution in [3.05, 3.63) is 0 Å². The lowest BCUT2D eigenvalue weighted by atomic mass is 9.96. The number of hydrogen-bond acceptors (Lipinski definition) is 4. The molecule has 1 rings (SSSR count). The van der Waals surface area contributed by atoms with Crippen LogP contribution in [0, 0.1) is 5.92 Å². The van der Waals surface area contributed by atoms with Crippen molar-refractivity contribution in [3.8, 4) is 0 Å². The second-order valence-corrected chi connectivity index (χ2v) is 5.25. The van der Waals surface area contributed by atoms with Gasteiger partial charge in [-0.05, 0) is 52.9 Å². The minimum Gasteiger partial charge on any atom is -0.479 e. The Morgan fingerprint density at radius 1 is 1.50 bits per heavy atom. The summed E-state index contributed by atoms with van der Waals surface area (Å²) in [6.07, 6.45) is 1.70. The Kier molecular flexibility index (Phi) is 6.60. The molecule has 0 spiro atoms. The molecule has 106 valence electrons. The number of hydrogen-bond donors (Lipinski definition) is 1. The third-order valence-electron chi connectivity index (χ3n) is 3.53. The molecule has 1 fully saturated rings. The molecule has 0 aromatic heterocycles. The highest BCUT2D eigenvalue weighted by Gasteiger charge is 2.23.